The number of aryl methyl sites for hydroxylation is 1. The Labute approximate surface area is 113 Å². The van der Waals surface area contributed by atoms with Gasteiger partial charge >= 0.3 is 0 Å². The van der Waals surface area contributed by atoms with Crippen LogP contribution in [0.25, 0.3) is 0 Å². The van der Waals surface area contributed by atoms with E-state index in [0.717, 1.165) is 23.8 Å². The molecule has 5 nitrogen and oxygen atoms in total. The van der Waals surface area contributed by atoms with Gasteiger partial charge < -0.3 is 5.32 Å². The van der Waals surface area contributed by atoms with Crippen molar-refractivity contribution in [1.29, 1.82) is 0 Å². The van der Waals surface area contributed by atoms with E-state index in [1.165, 1.54) is 0 Å². The number of aromatic nitrogens is 1. The number of sulfonamides is 1. The molecule has 0 aliphatic carbocycles. The molecular weight excluding hydrogens is 270 g/mol. The second-order valence-electron chi connectivity index (χ2n) is 4.05. The van der Waals surface area contributed by atoms with Crippen molar-refractivity contribution in [2.24, 2.45) is 0 Å². The highest BCUT2D eigenvalue weighted by Crippen LogP contribution is 2.08. The van der Waals surface area contributed by atoms with E-state index in [1.807, 2.05) is 19.2 Å². The predicted molar refractivity (Wildman–Crippen MR) is 75.5 cm³/mol. The molecule has 1 rings (SSSR count). The van der Waals surface area contributed by atoms with Gasteiger partial charge in [-0.2, -0.15) is 0 Å². The zero-order valence-corrected chi connectivity index (χ0v) is 12.5. The topological polar surface area (TPSA) is 71.1 Å². The van der Waals surface area contributed by atoms with E-state index in [-0.39, 0.29) is 5.75 Å². The highest BCUT2D eigenvalue weighted by atomic mass is 32.2. The van der Waals surface area contributed by atoms with Crippen LogP contribution in [0.3, 0.4) is 0 Å². The zero-order valence-electron chi connectivity index (χ0n) is 10.9. The largest absolute Gasteiger partial charge is 0.317 e. The van der Waals surface area contributed by atoms with Crippen LogP contribution in [0.4, 0.5) is 0 Å². The summed E-state index contributed by atoms with van der Waals surface area (Å²) < 4.78 is 25.9. The Hall–Kier alpha value is -0.500. The monoisotopic (exact) mass is 291 g/mol. The van der Waals surface area contributed by atoms with Crippen molar-refractivity contribution >= 4 is 21.4 Å². The fraction of sp³-hybridized carbons (Fsp3) is 0.727. The van der Waals surface area contributed by atoms with Gasteiger partial charge in [-0.1, -0.05) is 6.92 Å². The van der Waals surface area contributed by atoms with Crippen molar-refractivity contribution in [2.45, 2.75) is 26.7 Å². The van der Waals surface area contributed by atoms with Gasteiger partial charge in [0.15, 0.2) is 0 Å². The van der Waals surface area contributed by atoms with Crippen molar-refractivity contribution < 1.29 is 8.42 Å². The number of thiazole rings is 1. The molecule has 1 aromatic rings. The molecule has 0 spiro atoms. The Morgan fingerprint density at radius 1 is 1.39 bits per heavy atom. The normalized spacial score (nSPS) is 11.9. The fourth-order valence-electron chi connectivity index (χ4n) is 1.47. The third-order valence-electron chi connectivity index (χ3n) is 2.34. The van der Waals surface area contributed by atoms with E-state index in [1.54, 1.807) is 11.3 Å². The average Bonchev–Trinajstić information content (AvgIpc) is 2.70. The highest BCUT2D eigenvalue weighted by molar-refractivity contribution is 7.89. The van der Waals surface area contributed by atoms with E-state index in [9.17, 15) is 8.42 Å². The molecule has 0 atom stereocenters. The fourth-order valence-corrected chi connectivity index (χ4v) is 3.32. The van der Waals surface area contributed by atoms with Crippen LogP contribution < -0.4 is 10.0 Å². The molecule has 0 bridgehead atoms. The first-order chi connectivity index (χ1) is 8.53. The molecule has 0 saturated heterocycles. The highest BCUT2D eigenvalue weighted by Gasteiger charge is 2.09. The lowest BCUT2D eigenvalue weighted by Gasteiger charge is -2.05. The Morgan fingerprint density at radius 2 is 2.17 bits per heavy atom. The molecule has 0 aliphatic rings. The van der Waals surface area contributed by atoms with Crippen LogP contribution >= 0.6 is 11.3 Å². The third-order valence-corrected chi connectivity index (χ3v) is 4.84. The zero-order chi connectivity index (χ0) is 13.4. The molecule has 0 aliphatic heterocycles. The molecule has 2 N–H and O–H groups in total. The van der Waals surface area contributed by atoms with Crippen molar-refractivity contribution in [3.05, 3.63) is 16.1 Å². The van der Waals surface area contributed by atoms with Gasteiger partial charge in [-0.25, -0.2) is 18.1 Å². The smallest absolute Gasteiger partial charge is 0.211 e. The van der Waals surface area contributed by atoms with Gasteiger partial charge in [0.1, 0.15) is 0 Å². The SMILES string of the molecule is CCNCCCS(=O)(=O)NCCc1nc(C)cs1. The molecular formula is C11H21N3O2S2. The molecule has 0 fully saturated rings. The maximum absolute atomic E-state index is 11.6. The molecule has 0 amide bonds. The summed E-state index contributed by atoms with van der Waals surface area (Å²) in [5.41, 5.74) is 0.989. The molecule has 0 radical (unpaired) electrons. The van der Waals surface area contributed by atoms with E-state index < -0.39 is 10.0 Å². The summed E-state index contributed by atoms with van der Waals surface area (Å²) in [5.74, 6) is 0.177. The first kappa shape index (κ1) is 15.6. The molecule has 7 heteroatoms. The maximum Gasteiger partial charge on any atom is 0.211 e. The minimum atomic E-state index is -3.14. The minimum Gasteiger partial charge on any atom is -0.317 e. The van der Waals surface area contributed by atoms with Gasteiger partial charge in [0, 0.05) is 24.0 Å². The molecule has 0 unspecified atom stereocenters. The summed E-state index contributed by atoms with van der Waals surface area (Å²) in [4.78, 5) is 4.29. The quantitative estimate of drug-likeness (QED) is 0.664. The lowest BCUT2D eigenvalue weighted by atomic mass is 10.4. The summed E-state index contributed by atoms with van der Waals surface area (Å²) in [5, 5.41) is 6.05. The van der Waals surface area contributed by atoms with Crippen LogP contribution in [0.1, 0.15) is 24.0 Å². The lowest BCUT2D eigenvalue weighted by molar-refractivity contribution is 0.576. The number of rotatable bonds is 9. The molecule has 104 valence electrons. The summed E-state index contributed by atoms with van der Waals surface area (Å²) in [6, 6.07) is 0. The van der Waals surface area contributed by atoms with Gasteiger partial charge in [0.25, 0.3) is 0 Å². The van der Waals surface area contributed by atoms with E-state index in [4.69, 9.17) is 0 Å². The maximum atomic E-state index is 11.6. The van der Waals surface area contributed by atoms with Crippen molar-refractivity contribution in [1.82, 2.24) is 15.0 Å². The second kappa shape index (κ2) is 7.83. The van der Waals surface area contributed by atoms with E-state index in [2.05, 4.69) is 15.0 Å². The summed E-state index contributed by atoms with van der Waals surface area (Å²) in [6.07, 6.45) is 1.30. The van der Waals surface area contributed by atoms with Crippen LogP contribution in [0, 0.1) is 6.92 Å². The molecule has 1 aromatic heterocycles. The van der Waals surface area contributed by atoms with Gasteiger partial charge in [-0.3, -0.25) is 0 Å². The number of hydrogen-bond acceptors (Lipinski definition) is 5. The van der Waals surface area contributed by atoms with Crippen LogP contribution in [-0.2, 0) is 16.4 Å². The van der Waals surface area contributed by atoms with Gasteiger partial charge in [-0.05, 0) is 26.4 Å². The molecule has 18 heavy (non-hydrogen) atoms. The minimum absolute atomic E-state index is 0.177. The summed E-state index contributed by atoms with van der Waals surface area (Å²) in [7, 11) is -3.14. The van der Waals surface area contributed by atoms with Gasteiger partial charge in [-0.15, -0.1) is 11.3 Å². The van der Waals surface area contributed by atoms with Crippen molar-refractivity contribution in [3.8, 4) is 0 Å². The number of hydrogen-bond donors (Lipinski definition) is 2. The van der Waals surface area contributed by atoms with Crippen molar-refractivity contribution in [3.63, 3.8) is 0 Å². The number of nitrogens with one attached hydrogen (secondary N) is 2. The average molecular weight is 291 g/mol. The first-order valence-electron chi connectivity index (χ1n) is 6.12. The van der Waals surface area contributed by atoms with Crippen LogP contribution in [-0.4, -0.2) is 38.8 Å². The lowest BCUT2D eigenvalue weighted by Crippen LogP contribution is -2.29. The van der Waals surface area contributed by atoms with E-state index in [0.29, 0.717) is 19.4 Å². The van der Waals surface area contributed by atoms with Crippen LogP contribution in [0.15, 0.2) is 5.38 Å². The van der Waals surface area contributed by atoms with Crippen LogP contribution in [0.5, 0.6) is 0 Å². The van der Waals surface area contributed by atoms with Gasteiger partial charge in [0.2, 0.25) is 10.0 Å². The Kier molecular flexibility index (Phi) is 6.77. The summed E-state index contributed by atoms with van der Waals surface area (Å²) >= 11 is 1.57. The number of nitrogens with zero attached hydrogens (tertiary/aromatic N) is 1. The second-order valence-corrected chi connectivity index (χ2v) is 6.92. The molecule has 0 aromatic carbocycles. The van der Waals surface area contributed by atoms with Gasteiger partial charge in [0.05, 0.1) is 10.8 Å². The summed E-state index contributed by atoms with van der Waals surface area (Å²) in [6.45, 7) is 5.98. The molecule has 0 saturated carbocycles. The van der Waals surface area contributed by atoms with E-state index >= 15 is 0 Å². The van der Waals surface area contributed by atoms with Crippen LogP contribution in [0.2, 0.25) is 0 Å². The third kappa shape index (κ3) is 6.44. The Balaban J connectivity index is 2.20. The first-order valence-corrected chi connectivity index (χ1v) is 8.66. The Morgan fingerprint density at radius 3 is 2.78 bits per heavy atom. The molecule has 1 heterocycles. The van der Waals surface area contributed by atoms with Crippen molar-refractivity contribution in [2.75, 3.05) is 25.4 Å². The Bertz CT molecular complexity index is 443. The predicted octanol–water partition coefficient (Wildman–Crippen LogP) is 0.913. The standard InChI is InChI=1S/C11H21N3O2S2/c1-3-12-6-4-8-18(15,16)13-7-5-11-14-10(2)9-17-11/h9,12-13H,3-8H2,1-2H3.